The summed E-state index contributed by atoms with van der Waals surface area (Å²) in [5, 5.41) is 8.94. The molecule has 1 unspecified atom stereocenters. The summed E-state index contributed by atoms with van der Waals surface area (Å²) in [5.74, 6) is 2.24. The van der Waals surface area contributed by atoms with E-state index in [-0.39, 0.29) is 24.0 Å². The summed E-state index contributed by atoms with van der Waals surface area (Å²) >= 11 is 2.09. The molecular formula is C21H32IN5S. The molecule has 0 radical (unpaired) electrons. The molecule has 0 spiro atoms. The molecule has 154 valence electrons. The fourth-order valence-electron chi connectivity index (χ4n) is 3.42. The number of guanidine groups is 1. The van der Waals surface area contributed by atoms with Gasteiger partial charge in [0.25, 0.3) is 0 Å². The Morgan fingerprint density at radius 3 is 2.82 bits per heavy atom. The van der Waals surface area contributed by atoms with Crippen LogP contribution in [0, 0.1) is 6.92 Å². The van der Waals surface area contributed by atoms with Crippen LogP contribution in [0.4, 0.5) is 0 Å². The van der Waals surface area contributed by atoms with E-state index < -0.39 is 0 Å². The lowest BCUT2D eigenvalue weighted by molar-refractivity contribution is 0.408. The number of rotatable bonds is 6. The van der Waals surface area contributed by atoms with Gasteiger partial charge in [-0.25, -0.2) is 4.68 Å². The lowest BCUT2D eigenvalue weighted by Crippen LogP contribution is -2.48. The lowest BCUT2D eigenvalue weighted by Gasteiger charge is -2.34. The molecule has 1 aromatic heterocycles. The van der Waals surface area contributed by atoms with Crippen molar-refractivity contribution in [2.75, 3.05) is 32.4 Å². The van der Waals surface area contributed by atoms with Crippen LogP contribution in [0.15, 0.2) is 41.5 Å². The Balaban J connectivity index is 0.00000280. The van der Waals surface area contributed by atoms with Crippen LogP contribution in [0.2, 0.25) is 0 Å². The first-order valence-corrected chi connectivity index (χ1v) is 10.9. The standard InChI is InChI=1S/C21H31N5S.HI/c1-4-20-16-25(13-14-27-20)21(22-3)23-12-8-9-18-15-26(24-17(18)2)19-10-6-5-7-11-19;/h5-7,10-11,15,20H,4,8-9,12-14,16H2,1-3H3,(H,22,23);1H. The molecule has 1 aliphatic rings. The zero-order valence-electron chi connectivity index (χ0n) is 17.1. The monoisotopic (exact) mass is 513 g/mol. The maximum Gasteiger partial charge on any atom is 0.193 e. The smallest absolute Gasteiger partial charge is 0.193 e. The third kappa shape index (κ3) is 6.14. The Morgan fingerprint density at radius 1 is 1.32 bits per heavy atom. The lowest BCUT2D eigenvalue weighted by atomic mass is 10.1. The fourth-order valence-corrected chi connectivity index (χ4v) is 4.60. The van der Waals surface area contributed by atoms with Crippen molar-refractivity contribution in [2.24, 2.45) is 4.99 Å². The van der Waals surface area contributed by atoms with Crippen molar-refractivity contribution in [1.82, 2.24) is 20.0 Å². The zero-order valence-corrected chi connectivity index (χ0v) is 20.2. The number of halogens is 1. The van der Waals surface area contributed by atoms with Crippen LogP contribution < -0.4 is 5.32 Å². The first-order valence-electron chi connectivity index (χ1n) is 9.89. The second kappa shape index (κ2) is 11.7. The summed E-state index contributed by atoms with van der Waals surface area (Å²) in [6, 6.07) is 10.3. The predicted octanol–water partition coefficient (Wildman–Crippen LogP) is 4.13. The maximum absolute atomic E-state index is 4.66. The molecule has 1 atom stereocenters. The molecule has 5 nitrogen and oxygen atoms in total. The van der Waals surface area contributed by atoms with Crippen molar-refractivity contribution in [3.05, 3.63) is 47.8 Å². The largest absolute Gasteiger partial charge is 0.356 e. The molecule has 7 heteroatoms. The van der Waals surface area contributed by atoms with Gasteiger partial charge in [-0.1, -0.05) is 25.1 Å². The number of benzene rings is 1. The normalized spacial score (nSPS) is 17.3. The van der Waals surface area contributed by atoms with Gasteiger partial charge in [0.1, 0.15) is 0 Å². The van der Waals surface area contributed by atoms with Gasteiger partial charge in [0.05, 0.1) is 11.4 Å². The fraction of sp³-hybridized carbons (Fsp3) is 0.524. The van der Waals surface area contributed by atoms with E-state index in [9.17, 15) is 0 Å². The molecule has 1 N–H and O–H groups in total. The third-order valence-corrected chi connectivity index (χ3v) is 6.40. The van der Waals surface area contributed by atoms with Crippen LogP contribution >= 0.6 is 35.7 Å². The van der Waals surface area contributed by atoms with Gasteiger partial charge < -0.3 is 10.2 Å². The quantitative estimate of drug-likeness (QED) is 0.273. The highest BCUT2D eigenvalue weighted by Crippen LogP contribution is 2.21. The molecule has 0 amide bonds. The highest BCUT2D eigenvalue weighted by Gasteiger charge is 2.21. The van der Waals surface area contributed by atoms with Crippen molar-refractivity contribution < 1.29 is 0 Å². The van der Waals surface area contributed by atoms with Gasteiger partial charge in [0.15, 0.2) is 5.96 Å². The molecule has 2 aromatic rings. The second-order valence-corrected chi connectivity index (χ2v) is 8.35. The number of para-hydroxylation sites is 1. The van der Waals surface area contributed by atoms with Crippen LogP contribution in [-0.4, -0.2) is 58.3 Å². The van der Waals surface area contributed by atoms with Crippen LogP contribution in [0.1, 0.15) is 31.0 Å². The Hall–Kier alpha value is -1.22. The number of nitrogens with zero attached hydrogens (tertiary/aromatic N) is 4. The number of hydrogen-bond acceptors (Lipinski definition) is 3. The third-order valence-electron chi connectivity index (χ3n) is 5.03. The molecule has 0 bridgehead atoms. The van der Waals surface area contributed by atoms with Gasteiger partial charge in [-0.15, -0.1) is 24.0 Å². The van der Waals surface area contributed by atoms with Gasteiger partial charge >= 0.3 is 0 Å². The van der Waals surface area contributed by atoms with Gasteiger partial charge in [-0.2, -0.15) is 16.9 Å². The molecular weight excluding hydrogens is 481 g/mol. The van der Waals surface area contributed by atoms with Crippen LogP contribution in [0.3, 0.4) is 0 Å². The molecule has 2 heterocycles. The number of aromatic nitrogens is 2. The van der Waals surface area contributed by atoms with Gasteiger partial charge in [0, 0.05) is 43.9 Å². The molecule has 0 aliphatic carbocycles. The number of hydrogen-bond donors (Lipinski definition) is 1. The number of thioether (sulfide) groups is 1. The van der Waals surface area contributed by atoms with E-state index in [1.54, 1.807) is 0 Å². The minimum atomic E-state index is 0. The highest BCUT2D eigenvalue weighted by molar-refractivity contribution is 14.0. The Bertz CT molecular complexity index is 747. The number of aryl methyl sites for hydroxylation is 2. The van der Waals surface area contributed by atoms with Crippen molar-refractivity contribution in [1.29, 1.82) is 0 Å². The summed E-state index contributed by atoms with van der Waals surface area (Å²) in [6.07, 6.45) is 5.48. The van der Waals surface area contributed by atoms with E-state index in [1.807, 2.05) is 29.9 Å². The average molecular weight is 513 g/mol. The SMILES string of the molecule is CCC1CN(C(=NC)NCCCc2cn(-c3ccccc3)nc2C)CCS1.I. The Kier molecular flexibility index (Phi) is 9.64. The summed E-state index contributed by atoms with van der Waals surface area (Å²) in [7, 11) is 1.89. The maximum atomic E-state index is 4.66. The van der Waals surface area contributed by atoms with Crippen LogP contribution in [0.5, 0.6) is 0 Å². The molecule has 0 saturated carbocycles. The van der Waals surface area contributed by atoms with Gasteiger partial charge in [0.2, 0.25) is 0 Å². The van der Waals surface area contributed by atoms with E-state index in [1.165, 1.54) is 17.7 Å². The zero-order chi connectivity index (χ0) is 19.1. The predicted molar refractivity (Wildman–Crippen MR) is 132 cm³/mol. The van der Waals surface area contributed by atoms with Crippen molar-refractivity contribution >= 4 is 41.7 Å². The molecule has 3 rings (SSSR count). The number of nitrogens with one attached hydrogen (secondary N) is 1. The minimum absolute atomic E-state index is 0. The Labute approximate surface area is 190 Å². The van der Waals surface area contributed by atoms with Crippen molar-refractivity contribution in [2.45, 2.75) is 38.4 Å². The molecule has 1 aromatic carbocycles. The van der Waals surface area contributed by atoms with Crippen molar-refractivity contribution in [3.63, 3.8) is 0 Å². The van der Waals surface area contributed by atoms with Gasteiger partial charge in [-0.3, -0.25) is 4.99 Å². The van der Waals surface area contributed by atoms with E-state index in [0.717, 1.165) is 55.1 Å². The van der Waals surface area contributed by atoms with Crippen molar-refractivity contribution in [3.8, 4) is 5.69 Å². The first-order chi connectivity index (χ1) is 13.2. The highest BCUT2D eigenvalue weighted by atomic mass is 127. The van der Waals surface area contributed by atoms with Crippen LogP contribution in [0.25, 0.3) is 5.69 Å². The number of aliphatic imine (C=N–C) groups is 1. The van der Waals surface area contributed by atoms with E-state index in [2.05, 4.69) is 64.2 Å². The average Bonchev–Trinajstić information content (AvgIpc) is 3.09. The molecule has 1 fully saturated rings. The van der Waals surface area contributed by atoms with Crippen LogP contribution in [-0.2, 0) is 6.42 Å². The van der Waals surface area contributed by atoms with E-state index >= 15 is 0 Å². The Morgan fingerprint density at radius 2 is 2.11 bits per heavy atom. The second-order valence-electron chi connectivity index (χ2n) is 6.94. The molecule has 1 saturated heterocycles. The van der Waals surface area contributed by atoms with Gasteiger partial charge in [-0.05, 0) is 43.9 Å². The van der Waals surface area contributed by atoms with E-state index in [0.29, 0.717) is 0 Å². The summed E-state index contributed by atoms with van der Waals surface area (Å²) in [4.78, 5) is 6.90. The molecule has 28 heavy (non-hydrogen) atoms. The summed E-state index contributed by atoms with van der Waals surface area (Å²) < 4.78 is 1.98. The minimum Gasteiger partial charge on any atom is -0.356 e. The first kappa shape index (κ1) is 23.1. The molecule has 1 aliphatic heterocycles. The topological polar surface area (TPSA) is 45.5 Å². The van der Waals surface area contributed by atoms with E-state index in [4.69, 9.17) is 0 Å². The summed E-state index contributed by atoms with van der Waals surface area (Å²) in [5.41, 5.74) is 3.54. The summed E-state index contributed by atoms with van der Waals surface area (Å²) in [6.45, 7) is 7.49.